The number of esters is 1. The number of likely N-dealkylation sites (N-methyl/N-ethyl adjacent to an activating group) is 1. The van der Waals surface area contributed by atoms with E-state index < -0.39 is 53.2 Å². The maximum atomic E-state index is 15.0. The van der Waals surface area contributed by atoms with Crippen molar-refractivity contribution in [1.82, 2.24) is 25.4 Å². The molecule has 0 aliphatic carbocycles. The van der Waals surface area contributed by atoms with Crippen LogP contribution in [0.1, 0.15) is 140 Å². The first-order valence-corrected chi connectivity index (χ1v) is 22.5. The summed E-state index contributed by atoms with van der Waals surface area (Å²) < 4.78 is 20.8. The maximum absolute atomic E-state index is 15.0. The van der Waals surface area contributed by atoms with Gasteiger partial charge in [0.1, 0.15) is 22.6 Å². The quantitative estimate of drug-likeness (QED) is 0.0613. The number of piperidine rings is 1. The highest BCUT2D eigenvalue weighted by atomic mass is 32.1. The number of nitrogens with two attached hydrogens (primary N) is 1. The number of carboxylic acids is 1. The van der Waals surface area contributed by atoms with Gasteiger partial charge in [0, 0.05) is 37.0 Å². The average Bonchev–Trinajstić information content (AvgIpc) is 3.71. The van der Waals surface area contributed by atoms with E-state index in [0.29, 0.717) is 42.1 Å². The second-order valence-electron chi connectivity index (χ2n) is 17.2. The SMILES string of the molecule is CCCCCN(C(=O)[C@@H](NC(=O)[C@H]1CCCCN1C)[C@@H](C)CC)C(C[C@@H](OC(C)=O)c1nc(C(=O)N[C@@H](Cc2ccc(NC(=O)CN)c(F)c2)CC(C)(C)C(=O)O)cs1)=C(C)C. The number of carbonyl (C=O) groups excluding carboxylic acids is 5. The van der Waals surface area contributed by atoms with Crippen LogP contribution in [0.25, 0.3) is 0 Å². The molecule has 3 rings (SSSR count). The minimum absolute atomic E-state index is 0.00633. The average molecular weight is 886 g/mol. The van der Waals surface area contributed by atoms with Crippen molar-refractivity contribution in [1.29, 1.82) is 0 Å². The van der Waals surface area contributed by atoms with Crippen molar-refractivity contribution in [2.45, 2.75) is 144 Å². The van der Waals surface area contributed by atoms with Gasteiger partial charge in [-0.3, -0.25) is 33.7 Å². The number of nitrogens with one attached hydrogen (secondary N) is 3. The van der Waals surface area contributed by atoms with Crippen molar-refractivity contribution in [3.05, 3.63) is 56.9 Å². The van der Waals surface area contributed by atoms with Gasteiger partial charge in [-0.1, -0.05) is 58.1 Å². The predicted octanol–water partition coefficient (Wildman–Crippen LogP) is 6.34. The lowest BCUT2D eigenvalue weighted by molar-refractivity contribution is -0.148. The highest BCUT2D eigenvalue weighted by molar-refractivity contribution is 7.09. The number of anilines is 1. The summed E-state index contributed by atoms with van der Waals surface area (Å²) in [7, 11) is 1.93. The van der Waals surface area contributed by atoms with Gasteiger partial charge in [0.15, 0.2) is 6.10 Å². The van der Waals surface area contributed by atoms with Crippen LogP contribution in [-0.4, -0.2) is 100 Å². The fourth-order valence-corrected chi connectivity index (χ4v) is 8.32. The number of thiazole rings is 1. The predicted molar refractivity (Wildman–Crippen MR) is 238 cm³/mol. The van der Waals surface area contributed by atoms with Gasteiger partial charge < -0.3 is 36.4 Å². The third-order valence-electron chi connectivity index (χ3n) is 11.4. The molecule has 17 heteroatoms. The van der Waals surface area contributed by atoms with Crippen LogP contribution >= 0.6 is 11.3 Å². The van der Waals surface area contributed by atoms with Gasteiger partial charge in [-0.2, -0.15) is 0 Å². The fourth-order valence-electron chi connectivity index (χ4n) is 7.49. The minimum Gasteiger partial charge on any atom is -0.481 e. The molecule has 0 spiro atoms. The standard InChI is InChI=1S/C45H68FN7O8S/c1-10-12-14-20-53(43(58)39(28(5)11-2)51-41(57)35-16-13-15-19-52(35)9)36(27(3)4)23-37(61-29(6)54)42-50-34(26-62-42)40(56)48-31(24-45(7,8)44(59)60)21-30-17-18-33(32(46)22-30)49-38(55)25-47/h17-18,22,26,28,31,35,37,39H,10-16,19-21,23-25,47H2,1-9H3,(H,48,56)(H,49,55)(H,51,57)(H,59,60)/t28-,31-,35+,37+,39-/m0/s1. The second-order valence-corrected chi connectivity index (χ2v) is 18.1. The highest BCUT2D eigenvalue weighted by Gasteiger charge is 2.37. The number of aliphatic carboxylic acids is 1. The molecule has 344 valence electrons. The molecule has 5 atom stereocenters. The van der Waals surface area contributed by atoms with Crippen LogP contribution < -0.4 is 21.7 Å². The molecule has 1 fully saturated rings. The lowest BCUT2D eigenvalue weighted by Crippen LogP contribution is -2.56. The number of unbranched alkanes of at least 4 members (excludes halogenated alkanes) is 2. The van der Waals surface area contributed by atoms with Crippen LogP contribution in [0.5, 0.6) is 0 Å². The zero-order valence-corrected chi connectivity index (χ0v) is 38.7. The lowest BCUT2D eigenvalue weighted by atomic mass is 9.84. The molecule has 6 N–H and O–H groups in total. The monoisotopic (exact) mass is 885 g/mol. The molecule has 0 bridgehead atoms. The van der Waals surface area contributed by atoms with Crippen molar-refractivity contribution in [2.75, 3.05) is 32.0 Å². The van der Waals surface area contributed by atoms with E-state index in [1.54, 1.807) is 11.0 Å². The number of rotatable bonds is 23. The first-order chi connectivity index (χ1) is 29.2. The van der Waals surface area contributed by atoms with E-state index in [9.17, 15) is 38.3 Å². The van der Waals surface area contributed by atoms with E-state index in [1.807, 2.05) is 39.6 Å². The van der Waals surface area contributed by atoms with Crippen LogP contribution in [-0.2, 0) is 35.1 Å². The van der Waals surface area contributed by atoms with Crippen molar-refractivity contribution in [2.24, 2.45) is 17.1 Å². The van der Waals surface area contributed by atoms with Crippen LogP contribution in [0.3, 0.4) is 0 Å². The number of hydrogen-bond donors (Lipinski definition) is 5. The van der Waals surface area contributed by atoms with Gasteiger partial charge in [0.05, 0.1) is 23.7 Å². The summed E-state index contributed by atoms with van der Waals surface area (Å²) in [4.78, 5) is 87.2. The van der Waals surface area contributed by atoms with Crippen LogP contribution in [0, 0.1) is 17.2 Å². The third kappa shape index (κ3) is 15.0. The first-order valence-electron chi connectivity index (χ1n) is 21.7. The molecule has 1 aromatic carbocycles. The lowest BCUT2D eigenvalue weighted by Gasteiger charge is -2.36. The number of nitrogens with zero attached hydrogens (tertiary/aromatic N) is 3. The molecule has 0 saturated carbocycles. The van der Waals surface area contributed by atoms with Crippen molar-refractivity contribution in [3.63, 3.8) is 0 Å². The zero-order chi connectivity index (χ0) is 46.3. The van der Waals surface area contributed by atoms with E-state index >= 15 is 0 Å². The summed E-state index contributed by atoms with van der Waals surface area (Å²) in [6.07, 6.45) is 4.91. The Morgan fingerprint density at radius 2 is 1.81 bits per heavy atom. The minimum atomic E-state index is -1.27. The molecule has 1 aliphatic heterocycles. The fraction of sp³-hybridized carbons (Fsp3) is 0.622. The van der Waals surface area contributed by atoms with Crippen LogP contribution in [0.15, 0.2) is 34.8 Å². The van der Waals surface area contributed by atoms with Crippen molar-refractivity contribution < 1.29 is 43.0 Å². The van der Waals surface area contributed by atoms with Crippen LogP contribution in [0.2, 0.25) is 0 Å². The summed E-state index contributed by atoms with van der Waals surface area (Å²) in [6, 6.07) is 2.23. The summed E-state index contributed by atoms with van der Waals surface area (Å²) in [5.74, 6) is -4.19. The molecule has 2 heterocycles. The summed E-state index contributed by atoms with van der Waals surface area (Å²) >= 11 is 1.10. The molecule has 1 aromatic heterocycles. The molecular weight excluding hydrogens is 818 g/mol. The molecule has 0 unspecified atom stereocenters. The highest BCUT2D eigenvalue weighted by Crippen LogP contribution is 2.33. The Kier molecular flexibility index (Phi) is 20.1. The molecular formula is C45H68FN7O8S. The van der Waals surface area contributed by atoms with E-state index in [0.717, 1.165) is 49.1 Å². The molecule has 1 aliphatic rings. The van der Waals surface area contributed by atoms with Crippen molar-refractivity contribution >= 4 is 52.6 Å². The Bertz CT molecular complexity index is 1920. The summed E-state index contributed by atoms with van der Waals surface area (Å²) in [5.41, 5.74) is 5.86. The zero-order valence-electron chi connectivity index (χ0n) is 37.9. The number of aromatic nitrogens is 1. The number of carbonyl (C=O) groups is 6. The number of carboxylic acid groups (broad SMARTS) is 1. The third-order valence-corrected chi connectivity index (χ3v) is 12.3. The summed E-state index contributed by atoms with van der Waals surface area (Å²) in [6.45, 7) is 14.9. The summed E-state index contributed by atoms with van der Waals surface area (Å²) in [5, 5.41) is 20.1. The molecule has 2 aromatic rings. The first kappa shape index (κ1) is 51.6. The van der Waals surface area contributed by atoms with E-state index in [2.05, 4.69) is 27.9 Å². The number of benzene rings is 1. The number of allylic oxidation sites excluding steroid dienone is 1. The smallest absolute Gasteiger partial charge is 0.309 e. The number of likely N-dealkylation sites (tertiary alicyclic amines) is 1. The molecule has 1 saturated heterocycles. The van der Waals surface area contributed by atoms with Gasteiger partial charge in [-0.25, -0.2) is 9.37 Å². The maximum Gasteiger partial charge on any atom is 0.309 e. The Labute approximate surface area is 369 Å². The largest absolute Gasteiger partial charge is 0.481 e. The van der Waals surface area contributed by atoms with Gasteiger partial charge >= 0.3 is 11.9 Å². The Morgan fingerprint density at radius 3 is 2.39 bits per heavy atom. The Morgan fingerprint density at radius 1 is 1.10 bits per heavy atom. The Balaban J connectivity index is 1.95. The van der Waals surface area contributed by atoms with E-state index in [1.165, 1.54) is 38.3 Å². The van der Waals surface area contributed by atoms with Gasteiger partial charge in [-0.05, 0) is 97.0 Å². The number of hydrogen-bond acceptors (Lipinski definition) is 11. The molecule has 15 nitrogen and oxygen atoms in total. The van der Waals surface area contributed by atoms with E-state index in [-0.39, 0.29) is 61.0 Å². The molecule has 4 amide bonds. The normalized spacial score (nSPS) is 16.3. The van der Waals surface area contributed by atoms with E-state index in [4.69, 9.17) is 10.5 Å². The molecule has 62 heavy (non-hydrogen) atoms. The number of ether oxygens (including phenoxy) is 1. The van der Waals surface area contributed by atoms with Crippen LogP contribution in [0.4, 0.5) is 10.1 Å². The van der Waals surface area contributed by atoms with Gasteiger partial charge in [0.2, 0.25) is 17.7 Å². The molecule has 0 radical (unpaired) electrons. The second kappa shape index (κ2) is 24.2. The topological polar surface area (TPSA) is 213 Å². The van der Waals surface area contributed by atoms with Gasteiger partial charge in [-0.15, -0.1) is 11.3 Å². The van der Waals surface area contributed by atoms with Crippen molar-refractivity contribution in [3.8, 4) is 0 Å². The Hall–Kier alpha value is -4.74. The number of amides is 4. The number of halogens is 1. The van der Waals surface area contributed by atoms with Gasteiger partial charge in [0.25, 0.3) is 5.91 Å².